The number of benzene rings is 1. The molecule has 0 spiro atoms. The highest BCUT2D eigenvalue weighted by Crippen LogP contribution is 2.30. The normalized spacial score (nSPS) is 14.0. The molecule has 0 aromatic heterocycles. The minimum absolute atomic E-state index is 0.00733. The first-order valence-electron chi connectivity index (χ1n) is 14.7. The van der Waals surface area contributed by atoms with Crippen molar-refractivity contribution in [2.45, 2.75) is 106 Å². The molecule has 0 saturated carbocycles. The molecule has 0 bridgehead atoms. The number of ether oxygens (including phenoxy) is 7. The van der Waals surface area contributed by atoms with E-state index in [0.717, 1.165) is 0 Å². The lowest BCUT2D eigenvalue weighted by Gasteiger charge is -2.23. The highest BCUT2D eigenvalue weighted by atomic mass is 16.8. The second kappa shape index (κ2) is 18.9. The van der Waals surface area contributed by atoms with Crippen LogP contribution in [-0.2, 0) is 34.9 Å². The topological polar surface area (TPSA) is 159 Å². The number of nitrogens with two attached hydrogens (primary N) is 1. The quantitative estimate of drug-likeness (QED) is 0.128. The summed E-state index contributed by atoms with van der Waals surface area (Å²) >= 11 is 0. The maximum absolute atomic E-state index is 12.7. The lowest BCUT2D eigenvalue weighted by Crippen LogP contribution is -2.39. The number of carbonyl (C=O) groups is 4. The van der Waals surface area contributed by atoms with E-state index in [0.29, 0.717) is 30.2 Å². The Morgan fingerprint density at radius 3 is 1.65 bits per heavy atom. The van der Waals surface area contributed by atoms with E-state index < -0.39 is 42.7 Å². The first kappa shape index (κ1) is 37.5. The molecule has 0 radical (unpaired) electrons. The van der Waals surface area contributed by atoms with Crippen LogP contribution in [-0.4, -0.2) is 62.0 Å². The van der Waals surface area contributed by atoms with Gasteiger partial charge in [0.05, 0.1) is 13.2 Å². The molecule has 12 nitrogen and oxygen atoms in total. The molecular formula is C31H49NO11. The highest BCUT2D eigenvalue weighted by Gasteiger charge is 2.26. The maximum Gasteiger partial charge on any atom is 0.513 e. The second-order valence-corrected chi connectivity index (χ2v) is 11.6. The van der Waals surface area contributed by atoms with Crippen LogP contribution in [0.15, 0.2) is 18.2 Å². The molecule has 12 heteroatoms. The van der Waals surface area contributed by atoms with Crippen LogP contribution in [0.25, 0.3) is 0 Å². The predicted octanol–water partition coefficient (Wildman–Crippen LogP) is 6.20. The average molecular weight is 612 g/mol. The molecule has 0 heterocycles. The predicted molar refractivity (Wildman–Crippen MR) is 158 cm³/mol. The zero-order valence-corrected chi connectivity index (χ0v) is 26.9. The first-order chi connectivity index (χ1) is 20.1. The summed E-state index contributed by atoms with van der Waals surface area (Å²) in [5.41, 5.74) is 6.58. The molecule has 1 aromatic carbocycles. The number of esters is 1. The third-order valence-electron chi connectivity index (χ3n) is 6.45. The van der Waals surface area contributed by atoms with Gasteiger partial charge in [-0.25, -0.2) is 14.4 Å². The van der Waals surface area contributed by atoms with Crippen LogP contribution < -0.4 is 15.2 Å². The molecule has 0 aliphatic carbocycles. The molecule has 0 aliphatic rings. The van der Waals surface area contributed by atoms with Crippen molar-refractivity contribution >= 4 is 24.4 Å². The van der Waals surface area contributed by atoms with E-state index >= 15 is 0 Å². The SMILES string of the molecule is CC(C)CCOC(=O)Oc1ccc(C[C@H](N)C(=O)O[C@@H](C)C(C)OC(=O)OC(C)C(C)C)cc1OC(=O)OCCC(C)C. The number of hydrogen-bond donors (Lipinski definition) is 1. The fourth-order valence-corrected chi connectivity index (χ4v) is 3.10. The van der Waals surface area contributed by atoms with Gasteiger partial charge in [-0.2, -0.15) is 0 Å². The lowest BCUT2D eigenvalue weighted by molar-refractivity contribution is -0.155. The molecule has 2 unspecified atom stereocenters. The summed E-state index contributed by atoms with van der Waals surface area (Å²) in [6.07, 6.45) is -3.46. The van der Waals surface area contributed by atoms with Gasteiger partial charge in [0.2, 0.25) is 0 Å². The fraction of sp³-hybridized carbons (Fsp3) is 0.677. The summed E-state index contributed by atoms with van der Waals surface area (Å²) in [6, 6.07) is 3.26. The molecule has 0 fully saturated rings. The van der Waals surface area contributed by atoms with E-state index in [1.165, 1.54) is 12.1 Å². The monoisotopic (exact) mass is 611 g/mol. The van der Waals surface area contributed by atoms with Crippen molar-refractivity contribution in [3.8, 4) is 11.5 Å². The van der Waals surface area contributed by atoms with Crippen molar-refractivity contribution < 1.29 is 52.3 Å². The van der Waals surface area contributed by atoms with Gasteiger partial charge in [-0.05, 0) is 75.5 Å². The Morgan fingerprint density at radius 2 is 1.14 bits per heavy atom. The van der Waals surface area contributed by atoms with E-state index in [9.17, 15) is 19.2 Å². The van der Waals surface area contributed by atoms with Crippen molar-refractivity contribution in [1.29, 1.82) is 0 Å². The van der Waals surface area contributed by atoms with Gasteiger partial charge < -0.3 is 38.9 Å². The van der Waals surface area contributed by atoms with Crippen molar-refractivity contribution in [3.05, 3.63) is 23.8 Å². The third kappa shape index (κ3) is 15.5. The zero-order valence-electron chi connectivity index (χ0n) is 26.9. The Hall–Kier alpha value is -3.54. The Bertz CT molecular complexity index is 1040. The van der Waals surface area contributed by atoms with Crippen LogP contribution in [0, 0.1) is 17.8 Å². The van der Waals surface area contributed by atoms with E-state index in [1.54, 1.807) is 26.8 Å². The summed E-state index contributed by atoms with van der Waals surface area (Å²) < 4.78 is 36.6. The molecule has 0 amide bonds. The molecule has 4 atom stereocenters. The van der Waals surface area contributed by atoms with E-state index in [-0.39, 0.29) is 43.2 Å². The number of rotatable bonds is 16. The van der Waals surface area contributed by atoms with Crippen molar-refractivity contribution in [3.63, 3.8) is 0 Å². The molecule has 0 aliphatic heterocycles. The van der Waals surface area contributed by atoms with Gasteiger partial charge in [-0.1, -0.05) is 47.6 Å². The molecule has 2 N–H and O–H groups in total. The Kier molecular flexibility index (Phi) is 16.5. The van der Waals surface area contributed by atoms with Crippen LogP contribution in [0.1, 0.15) is 80.7 Å². The van der Waals surface area contributed by atoms with E-state index in [2.05, 4.69) is 0 Å². The van der Waals surface area contributed by atoms with Crippen molar-refractivity contribution in [2.75, 3.05) is 13.2 Å². The van der Waals surface area contributed by atoms with Gasteiger partial charge >= 0.3 is 24.4 Å². The first-order valence-corrected chi connectivity index (χ1v) is 14.7. The third-order valence-corrected chi connectivity index (χ3v) is 6.45. The molecule has 0 saturated heterocycles. The van der Waals surface area contributed by atoms with Gasteiger partial charge in [0.1, 0.15) is 24.4 Å². The van der Waals surface area contributed by atoms with Crippen LogP contribution in [0.3, 0.4) is 0 Å². The average Bonchev–Trinajstić information content (AvgIpc) is 2.89. The van der Waals surface area contributed by atoms with Gasteiger partial charge in [0.25, 0.3) is 0 Å². The minimum Gasteiger partial charge on any atom is -0.458 e. The van der Waals surface area contributed by atoms with Gasteiger partial charge in [0.15, 0.2) is 11.5 Å². The van der Waals surface area contributed by atoms with Crippen molar-refractivity contribution in [1.82, 2.24) is 0 Å². The van der Waals surface area contributed by atoms with Crippen LogP contribution in [0.5, 0.6) is 11.5 Å². The van der Waals surface area contributed by atoms with Gasteiger partial charge in [-0.15, -0.1) is 0 Å². The largest absolute Gasteiger partial charge is 0.513 e. The summed E-state index contributed by atoms with van der Waals surface area (Å²) in [7, 11) is 0. The molecule has 244 valence electrons. The maximum atomic E-state index is 12.7. The standard InChI is InChI=1S/C31H49NO11/c1-18(2)12-14-37-29(34)42-26-11-10-24(17-27(26)43-30(35)38-15-13-19(3)4)16-25(32)28(33)39-22(8)23(9)41-31(36)40-21(7)20(5)6/h10-11,17-23,25H,12-16,32H2,1-9H3/t21?,22-,23?,25-/m0/s1. The number of hydrogen-bond acceptors (Lipinski definition) is 12. The second-order valence-electron chi connectivity index (χ2n) is 11.6. The van der Waals surface area contributed by atoms with Crippen LogP contribution in [0.4, 0.5) is 14.4 Å². The Balaban J connectivity index is 2.89. The van der Waals surface area contributed by atoms with Crippen LogP contribution in [0.2, 0.25) is 0 Å². The summed E-state index contributed by atoms with van der Waals surface area (Å²) in [5.74, 6) is -0.169. The number of carbonyl (C=O) groups excluding carboxylic acids is 4. The zero-order chi connectivity index (χ0) is 32.7. The van der Waals surface area contributed by atoms with Gasteiger partial charge in [-0.3, -0.25) is 4.79 Å². The smallest absolute Gasteiger partial charge is 0.458 e. The summed E-state index contributed by atoms with van der Waals surface area (Å²) in [5, 5.41) is 0. The lowest BCUT2D eigenvalue weighted by atomic mass is 10.1. The molecule has 1 aromatic rings. The Labute approximate surface area is 254 Å². The molecular weight excluding hydrogens is 562 g/mol. The van der Waals surface area contributed by atoms with Crippen LogP contribution >= 0.6 is 0 Å². The van der Waals surface area contributed by atoms with E-state index in [1.807, 2.05) is 41.5 Å². The Morgan fingerprint density at radius 1 is 0.651 bits per heavy atom. The summed E-state index contributed by atoms with van der Waals surface area (Å²) in [6.45, 7) is 17.0. The van der Waals surface area contributed by atoms with Gasteiger partial charge in [0, 0.05) is 0 Å². The molecule has 1 rings (SSSR count). The fourth-order valence-electron chi connectivity index (χ4n) is 3.10. The highest BCUT2D eigenvalue weighted by molar-refractivity contribution is 5.76. The van der Waals surface area contributed by atoms with E-state index in [4.69, 9.17) is 38.9 Å². The minimum atomic E-state index is -1.11. The summed E-state index contributed by atoms with van der Waals surface area (Å²) in [4.78, 5) is 49.2. The van der Waals surface area contributed by atoms with Crippen molar-refractivity contribution in [2.24, 2.45) is 23.5 Å². The molecule has 43 heavy (non-hydrogen) atoms.